The zero-order chi connectivity index (χ0) is 20.0. The summed E-state index contributed by atoms with van der Waals surface area (Å²) in [4.78, 5) is 13.9. The Morgan fingerprint density at radius 1 is 1.27 bits per heavy atom. The second-order valence-electron chi connectivity index (χ2n) is 7.22. The van der Waals surface area contributed by atoms with E-state index in [0.29, 0.717) is 6.42 Å². The normalized spacial score (nSPS) is 13.3. The van der Waals surface area contributed by atoms with Crippen molar-refractivity contribution in [3.8, 4) is 0 Å². The predicted octanol–water partition coefficient (Wildman–Crippen LogP) is 1.72. The number of aliphatic hydroxyl groups is 1. The molecule has 3 N–H and O–H groups in total. The molecule has 1 aromatic carbocycles. The van der Waals surface area contributed by atoms with E-state index in [1.165, 1.54) is 4.90 Å². The first-order valence-electron chi connectivity index (χ1n) is 8.60. The minimum Gasteiger partial charge on any atom is -0.444 e. The van der Waals surface area contributed by atoms with Crippen molar-refractivity contribution in [2.24, 2.45) is 5.73 Å². The smallest absolute Gasteiger partial charge is 0.410 e. The van der Waals surface area contributed by atoms with Gasteiger partial charge in [0.2, 0.25) is 0 Å². The van der Waals surface area contributed by atoms with E-state index in [1.54, 1.807) is 45.0 Å². The molecule has 1 rings (SSSR count). The molecule has 0 aromatic heterocycles. The number of nitrogens with two attached hydrogens (primary N) is 1. The summed E-state index contributed by atoms with van der Waals surface area (Å²) in [6, 6.07) is 6.52. The van der Waals surface area contributed by atoms with Crippen LogP contribution in [0.15, 0.2) is 29.2 Å². The third-order valence-electron chi connectivity index (χ3n) is 3.71. The van der Waals surface area contributed by atoms with E-state index in [-0.39, 0.29) is 31.1 Å². The first-order chi connectivity index (χ1) is 12.0. The van der Waals surface area contributed by atoms with Crippen LogP contribution in [0.2, 0.25) is 0 Å². The molecule has 8 heteroatoms. The molecule has 0 aliphatic rings. The van der Waals surface area contributed by atoms with Crippen LogP contribution < -0.4 is 5.73 Å². The number of aryl methyl sites for hydroxylation is 1. The quantitative estimate of drug-likeness (QED) is 0.704. The van der Waals surface area contributed by atoms with Crippen molar-refractivity contribution < 1.29 is 23.1 Å². The number of rotatable bonds is 8. The Bertz CT molecular complexity index is 681. The summed E-state index contributed by atoms with van der Waals surface area (Å²) >= 11 is 0. The number of hydrogen-bond donors (Lipinski definition) is 2. The highest BCUT2D eigenvalue weighted by atomic mass is 32.2. The van der Waals surface area contributed by atoms with Gasteiger partial charge in [-0.2, -0.15) is 0 Å². The fraction of sp³-hybridized carbons (Fsp3) is 0.611. The van der Waals surface area contributed by atoms with E-state index in [1.807, 2.05) is 6.92 Å². The van der Waals surface area contributed by atoms with Gasteiger partial charge in [-0.05, 0) is 46.2 Å². The van der Waals surface area contributed by atoms with Crippen LogP contribution in [0.4, 0.5) is 4.79 Å². The minimum atomic E-state index is -3.70. The van der Waals surface area contributed by atoms with Crippen LogP contribution in [-0.4, -0.2) is 61.6 Å². The lowest BCUT2D eigenvalue weighted by Crippen LogP contribution is -2.46. The average Bonchev–Trinajstić information content (AvgIpc) is 2.53. The number of nitrogens with zero attached hydrogens (tertiary/aromatic N) is 1. The molecular formula is C18H30N2O5S. The van der Waals surface area contributed by atoms with Crippen LogP contribution >= 0.6 is 0 Å². The van der Waals surface area contributed by atoms with Crippen molar-refractivity contribution in [1.82, 2.24) is 4.90 Å². The number of ether oxygens (including phenoxy) is 1. The highest BCUT2D eigenvalue weighted by molar-refractivity contribution is 7.92. The Hall–Kier alpha value is -1.64. The van der Waals surface area contributed by atoms with Gasteiger partial charge < -0.3 is 20.5 Å². The van der Waals surface area contributed by atoms with Gasteiger partial charge in [0, 0.05) is 26.2 Å². The predicted molar refractivity (Wildman–Crippen MR) is 101 cm³/mol. The molecule has 0 bridgehead atoms. The largest absolute Gasteiger partial charge is 0.444 e. The molecule has 26 heavy (non-hydrogen) atoms. The molecular weight excluding hydrogens is 356 g/mol. The van der Waals surface area contributed by atoms with Crippen molar-refractivity contribution in [2.75, 3.05) is 26.2 Å². The second kappa shape index (κ2) is 9.34. The molecule has 1 amide bonds. The lowest BCUT2D eigenvalue weighted by Gasteiger charge is -2.29. The van der Waals surface area contributed by atoms with E-state index in [4.69, 9.17) is 15.6 Å². The topological polar surface area (TPSA) is 110 Å². The Balaban J connectivity index is 3.04. The molecule has 0 radical (unpaired) electrons. The zero-order valence-corrected chi connectivity index (χ0v) is 16.8. The molecule has 0 aliphatic carbocycles. The zero-order valence-electron chi connectivity index (χ0n) is 15.9. The molecule has 0 fully saturated rings. The maximum absolute atomic E-state index is 12.9. The van der Waals surface area contributed by atoms with Gasteiger partial charge in [0.15, 0.2) is 9.84 Å². The van der Waals surface area contributed by atoms with Gasteiger partial charge in [0.05, 0.1) is 10.1 Å². The van der Waals surface area contributed by atoms with Gasteiger partial charge >= 0.3 is 6.09 Å². The molecule has 0 spiro atoms. The number of hydrogen-bond acceptors (Lipinski definition) is 6. The lowest BCUT2D eigenvalue weighted by atomic mass is 10.2. The molecule has 0 heterocycles. The van der Waals surface area contributed by atoms with Crippen molar-refractivity contribution in [3.05, 3.63) is 29.8 Å². The summed E-state index contributed by atoms with van der Waals surface area (Å²) in [5.74, 6) is 0. The maximum Gasteiger partial charge on any atom is 0.410 e. The number of aliphatic hydroxyl groups excluding tert-OH is 1. The third kappa shape index (κ3) is 6.59. The van der Waals surface area contributed by atoms with E-state index in [9.17, 15) is 13.2 Å². The Labute approximate surface area is 156 Å². The number of carbonyl (C=O) groups excluding carboxylic acids is 1. The SMILES string of the molecule is Cc1ccc(S(=O)(=O)[C@@H](CN)CN(CCCO)C(=O)OC(C)(C)C)cc1. The maximum atomic E-state index is 12.9. The van der Waals surface area contributed by atoms with E-state index in [0.717, 1.165) is 5.56 Å². The lowest BCUT2D eigenvalue weighted by molar-refractivity contribution is 0.0241. The highest BCUT2D eigenvalue weighted by Gasteiger charge is 2.31. The summed E-state index contributed by atoms with van der Waals surface area (Å²) in [6.45, 7) is 6.92. The van der Waals surface area contributed by atoms with Gasteiger partial charge in [-0.25, -0.2) is 13.2 Å². The molecule has 1 aromatic rings. The fourth-order valence-corrected chi connectivity index (χ4v) is 3.84. The molecule has 148 valence electrons. The third-order valence-corrected chi connectivity index (χ3v) is 5.86. The second-order valence-corrected chi connectivity index (χ2v) is 9.45. The number of sulfone groups is 1. The first-order valence-corrected chi connectivity index (χ1v) is 10.2. The Morgan fingerprint density at radius 2 is 1.85 bits per heavy atom. The Morgan fingerprint density at radius 3 is 2.31 bits per heavy atom. The van der Waals surface area contributed by atoms with Gasteiger partial charge in [0.25, 0.3) is 0 Å². The Kier molecular flexibility index (Phi) is 8.05. The van der Waals surface area contributed by atoms with Gasteiger partial charge in [-0.1, -0.05) is 17.7 Å². The molecule has 7 nitrogen and oxygen atoms in total. The van der Waals surface area contributed by atoms with E-state index >= 15 is 0 Å². The standard InChI is InChI=1S/C18H30N2O5S/c1-14-6-8-15(9-7-14)26(23,24)16(12-19)13-20(10-5-11-21)17(22)25-18(2,3)4/h6-9,16,21H,5,10-13,19H2,1-4H3/t16-/m0/s1. The molecule has 0 saturated carbocycles. The minimum absolute atomic E-state index is 0.0956. The van der Waals surface area contributed by atoms with Crippen LogP contribution in [0.25, 0.3) is 0 Å². The number of amides is 1. The van der Waals surface area contributed by atoms with Crippen molar-refractivity contribution >= 4 is 15.9 Å². The molecule has 0 aliphatic heterocycles. The summed E-state index contributed by atoms with van der Waals surface area (Å²) in [6.07, 6.45) is -0.301. The first kappa shape index (κ1) is 22.4. The van der Waals surface area contributed by atoms with Crippen LogP contribution in [0, 0.1) is 6.92 Å². The van der Waals surface area contributed by atoms with Crippen LogP contribution in [0.1, 0.15) is 32.8 Å². The summed E-state index contributed by atoms with van der Waals surface area (Å²) in [5.41, 5.74) is 5.97. The van der Waals surface area contributed by atoms with Crippen LogP contribution in [-0.2, 0) is 14.6 Å². The molecule has 0 unspecified atom stereocenters. The average molecular weight is 387 g/mol. The van der Waals surface area contributed by atoms with Crippen LogP contribution in [0.5, 0.6) is 0 Å². The van der Waals surface area contributed by atoms with Crippen LogP contribution in [0.3, 0.4) is 0 Å². The van der Waals surface area contributed by atoms with Crippen molar-refractivity contribution in [1.29, 1.82) is 0 Å². The fourth-order valence-electron chi connectivity index (χ4n) is 2.31. The number of benzene rings is 1. The van der Waals surface area contributed by atoms with Gasteiger partial charge in [0.1, 0.15) is 5.60 Å². The molecule has 0 saturated heterocycles. The summed E-state index contributed by atoms with van der Waals surface area (Å²) < 4.78 is 31.1. The van der Waals surface area contributed by atoms with Gasteiger partial charge in [-0.15, -0.1) is 0 Å². The molecule has 1 atom stereocenters. The van der Waals surface area contributed by atoms with E-state index < -0.39 is 26.8 Å². The monoisotopic (exact) mass is 386 g/mol. The number of carbonyl (C=O) groups is 1. The summed E-state index contributed by atoms with van der Waals surface area (Å²) in [5, 5.41) is 8.10. The van der Waals surface area contributed by atoms with E-state index in [2.05, 4.69) is 0 Å². The van der Waals surface area contributed by atoms with Crippen molar-refractivity contribution in [3.63, 3.8) is 0 Å². The van der Waals surface area contributed by atoms with Gasteiger partial charge in [-0.3, -0.25) is 0 Å². The van der Waals surface area contributed by atoms with Crippen molar-refractivity contribution in [2.45, 2.75) is 49.9 Å². The summed E-state index contributed by atoms with van der Waals surface area (Å²) in [7, 11) is -3.70. The highest BCUT2D eigenvalue weighted by Crippen LogP contribution is 2.19.